The van der Waals surface area contributed by atoms with Crippen LogP contribution in [0.2, 0.25) is 0 Å². The maximum atomic E-state index is 13.8. The third-order valence-electron chi connectivity index (χ3n) is 6.28. The molecule has 7 heteroatoms. The highest BCUT2D eigenvalue weighted by Crippen LogP contribution is 2.39. The van der Waals surface area contributed by atoms with E-state index in [0.717, 1.165) is 44.5 Å². The molecule has 1 saturated heterocycles. The second kappa shape index (κ2) is 6.74. The molecule has 1 N–H and O–H groups in total. The van der Waals surface area contributed by atoms with Crippen molar-refractivity contribution in [3.63, 3.8) is 0 Å². The number of fused-ring (bicyclic) bond motifs is 1. The van der Waals surface area contributed by atoms with Gasteiger partial charge in [0.2, 0.25) is 5.91 Å². The van der Waals surface area contributed by atoms with E-state index in [1.54, 1.807) is 0 Å². The summed E-state index contributed by atoms with van der Waals surface area (Å²) >= 11 is 0. The van der Waals surface area contributed by atoms with Gasteiger partial charge in [0, 0.05) is 36.5 Å². The smallest absolute Gasteiger partial charge is 0.260 e. The second-order valence-electron chi connectivity index (χ2n) is 9.43. The molecule has 1 aliphatic carbocycles. The van der Waals surface area contributed by atoms with Gasteiger partial charge in [0.15, 0.2) is 0 Å². The van der Waals surface area contributed by atoms with Crippen LogP contribution in [0.15, 0.2) is 6.07 Å². The number of halogens is 2. The molecular weight excluding hydrogens is 350 g/mol. The Balaban J connectivity index is 1.47. The van der Waals surface area contributed by atoms with Crippen molar-refractivity contribution in [2.45, 2.75) is 76.8 Å². The van der Waals surface area contributed by atoms with Crippen molar-refractivity contribution < 1.29 is 13.6 Å². The van der Waals surface area contributed by atoms with Gasteiger partial charge in [-0.15, -0.1) is 0 Å². The van der Waals surface area contributed by atoms with Crippen LogP contribution in [0.3, 0.4) is 0 Å². The van der Waals surface area contributed by atoms with E-state index in [9.17, 15) is 13.6 Å². The summed E-state index contributed by atoms with van der Waals surface area (Å²) < 4.78 is 29.0. The molecule has 4 rings (SSSR count). The molecule has 27 heavy (non-hydrogen) atoms. The molecule has 2 fully saturated rings. The van der Waals surface area contributed by atoms with Crippen LogP contribution < -0.4 is 5.32 Å². The number of amides is 1. The number of piperidine rings is 1. The number of rotatable bonds is 3. The van der Waals surface area contributed by atoms with Gasteiger partial charge in [0.1, 0.15) is 11.9 Å². The lowest BCUT2D eigenvalue weighted by atomic mass is 9.84. The SMILES string of the molecule is CC(C)(C)c1cc2n(n1)[C@@H](C(F)F)C[C@@H](C1CCN(C(=O)C3CC3)CC1)N2. The Hall–Kier alpha value is -1.66. The second-order valence-corrected chi connectivity index (χ2v) is 9.43. The third kappa shape index (κ3) is 3.69. The molecule has 1 amide bonds. The molecule has 5 nitrogen and oxygen atoms in total. The first kappa shape index (κ1) is 18.7. The molecule has 0 unspecified atom stereocenters. The number of carbonyl (C=O) groups is 1. The molecule has 0 spiro atoms. The van der Waals surface area contributed by atoms with Crippen LogP contribution in [0.1, 0.15) is 64.6 Å². The van der Waals surface area contributed by atoms with Crippen LogP contribution in [0.25, 0.3) is 0 Å². The number of aromatic nitrogens is 2. The maximum absolute atomic E-state index is 13.8. The summed E-state index contributed by atoms with van der Waals surface area (Å²) in [4.78, 5) is 14.2. The van der Waals surface area contributed by atoms with Gasteiger partial charge in [-0.25, -0.2) is 13.5 Å². The van der Waals surface area contributed by atoms with Gasteiger partial charge in [0.25, 0.3) is 6.43 Å². The standard InChI is InChI=1S/C20H30F2N4O/c1-20(2,3)16-11-17-23-14(10-15(18(21)22)26(17)24-16)12-6-8-25(9-7-12)19(27)13-4-5-13/h11-15,18,23H,4-10H2,1-3H3/t14-,15+/m0/s1. The van der Waals surface area contributed by atoms with Crippen molar-refractivity contribution in [1.82, 2.24) is 14.7 Å². The predicted molar refractivity (Wildman–Crippen MR) is 100 cm³/mol. The van der Waals surface area contributed by atoms with Crippen molar-refractivity contribution in [3.05, 3.63) is 11.8 Å². The van der Waals surface area contributed by atoms with E-state index in [2.05, 4.69) is 10.4 Å². The number of nitrogens with one attached hydrogen (secondary N) is 1. The Labute approximate surface area is 159 Å². The Kier molecular flexibility index (Phi) is 4.67. The summed E-state index contributed by atoms with van der Waals surface area (Å²) in [7, 11) is 0. The van der Waals surface area contributed by atoms with Crippen molar-refractivity contribution in [1.29, 1.82) is 0 Å². The zero-order valence-electron chi connectivity index (χ0n) is 16.4. The average Bonchev–Trinajstić information content (AvgIpc) is 3.37. The van der Waals surface area contributed by atoms with Gasteiger partial charge in [-0.3, -0.25) is 4.79 Å². The first-order chi connectivity index (χ1) is 12.7. The Morgan fingerprint density at radius 3 is 2.44 bits per heavy atom. The molecule has 0 bridgehead atoms. The number of hydrogen-bond donors (Lipinski definition) is 1. The molecule has 3 aliphatic rings. The van der Waals surface area contributed by atoms with Crippen LogP contribution >= 0.6 is 0 Å². The summed E-state index contributed by atoms with van der Waals surface area (Å²) in [6, 6.07) is 1.06. The molecule has 0 radical (unpaired) electrons. The van der Waals surface area contributed by atoms with E-state index >= 15 is 0 Å². The van der Waals surface area contributed by atoms with E-state index in [-0.39, 0.29) is 17.4 Å². The highest BCUT2D eigenvalue weighted by molar-refractivity contribution is 5.81. The van der Waals surface area contributed by atoms with Gasteiger partial charge >= 0.3 is 0 Å². The Bertz CT molecular complexity index is 699. The minimum Gasteiger partial charge on any atom is -0.367 e. The molecule has 1 aromatic rings. The highest BCUT2D eigenvalue weighted by atomic mass is 19.3. The lowest BCUT2D eigenvalue weighted by Gasteiger charge is -2.40. The van der Waals surface area contributed by atoms with Crippen molar-refractivity contribution in [2.75, 3.05) is 18.4 Å². The number of nitrogens with zero attached hydrogens (tertiary/aromatic N) is 3. The molecule has 1 aromatic heterocycles. The Morgan fingerprint density at radius 2 is 1.89 bits per heavy atom. The number of anilines is 1. The summed E-state index contributed by atoms with van der Waals surface area (Å²) in [6.45, 7) is 7.64. The number of carbonyl (C=O) groups excluding carboxylic acids is 1. The van der Waals surface area contributed by atoms with Gasteiger partial charge in [0.05, 0.1) is 5.69 Å². The van der Waals surface area contributed by atoms with Gasteiger partial charge in [-0.2, -0.15) is 5.10 Å². The first-order valence-corrected chi connectivity index (χ1v) is 10.2. The molecule has 2 aliphatic heterocycles. The van der Waals surface area contributed by atoms with Gasteiger partial charge in [-0.05, 0) is 38.0 Å². The predicted octanol–water partition coefficient (Wildman–Crippen LogP) is 3.82. The van der Waals surface area contributed by atoms with Crippen molar-refractivity contribution >= 4 is 11.7 Å². The largest absolute Gasteiger partial charge is 0.367 e. The molecule has 3 heterocycles. The fraction of sp³-hybridized carbons (Fsp3) is 0.800. The van der Waals surface area contributed by atoms with E-state index in [4.69, 9.17) is 0 Å². The third-order valence-corrected chi connectivity index (χ3v) is 6.28. The zero-order valence-corrected chi connectivity index (χ0v) is 16.4. The average molecular weight is 380 g/mol. The van der Waals surface area contributed by atoms with E-state index < -0.39 is 12.5 Å². The summed E-state index contributed by atoms with van der Waals surface area (Å²) in [5.74, 6) is 1.57. The van der Waals surface area contributed by atoms with Crippen molar-refractivity contribution in [2.24, 2.45) is 11.8 Å². The summed E-state index contributed by atoms with van der Waals surface area (Å²) in [6.07, 6.45) is 1.77. The summed E-state index contributed by atoms with van der Waals surface area (Å²) in [5.41, 5.74) is 0.657. The molecule has 1 saturated carbocycles. The number of likely N-dealkylation sites (tertiary alicyclic amines) is 1. The lowest BCUT2D eigenvalue weighted by molar-refractivity contribution is -0.134. The fourth-order valence-corrected chi connectivity index (χ4v) is 4.36. The zero-order chi connectivity index (χ0) is 19.3. The van der Waals surface area contributed by atoms with Gasteiger partial charge < -0.3 is 10.2 Å². The van der Waals surface area contributed by atoms with Gasteiger partial charge in [-0.1, -0.05) is 20.8 Å². The summed E-state index contributed by atoms with van der Waals surface area (Å²) in [5, 5.41) is 7.97. The molecular formula is C20H30F2N4O. The number of alkyl halides is 2. The van der Waals surface area contributed by atoms with E-state index in [1.165, 1.54) is 4.68 Å². The van der Waals surface area contributed by atoms with E-state index in [1.807, 2.05) is 31.7 Å². The normalized spacial score (nSPS) is 26.8. The van der Waals surface area contributed by atoms with Crippen LogP contribution in [0.4, 0.5) is 14.6 Å². The highest BCUT2D eigenvalue weighted by Gasteiger charge is 2.40. The quantitative estimate of drug-likeness (QED) is 0.867. The minimum absolute atomic E-state index is 0.0131. The van der Waals surface area contributed by atoms with Crippen molar-refractivity contribution in [3.8, 4) is 0 Å². The van der Waals surface area contributed by atoms with Crippen LogP contribution in [-0.4, -0.2) is 46.1 Å². The fourth-order valence-electron chi connectivity index (χ4n) is 4.36. The molecule has 150 valence electrons. The topological polar surface area (TPSA) is 50.2 Å². The lowest BCUT2D eigenvalue weighted by Crippen LogP contribution is -2.46. The van der Waals surface area contributed by atoms with Crippen LogP contribution in [-0.2, 0) is 10.2 Å². The molecule has 2 atom stereocenters. The van der Waals surface area contributed by atoms with Crippen LogP contribution in [0.5, 0.6) is 0 Å². The maximum Gasteiger partial charge on any atom is 0.260 e. The molecule has 0 aromatic carbocycles. The van der Waals surface area contributed by atoms with Crippen LogP contribution in [0, 0.1) is 11.8 Å². The van der Waals surface area contributed by atoms with E-state index in [0.29, 0.717) is 24.1 Å². The monoisotopic (exact) mass is 380 g/mol. The Morgan fingerprint density at radius 1 is 1.22 bits per heavy atom. The minimum atomic E-state index is -2.43. The number of hydrogen-bond acceptors (Lipinski definition) is 3. The first-order valence-electron chi connectivity index (χ1n) is 10.2.